The third-order valence-electron chi connectivity index (χ3n) is 4.44. The van der Waals surface area contributed by atoms with Gasteiger partial charge in [-0.2, -0.15) is 0 Å². The molecule has 1 aliphatic rings. The second-order valence-electron chi connectivity index (χ2n) is 6.57. The molecule has 7 nitrogen and oxygen atoms in total. The number of carbonyl (C=O) groups excluding carboxylic acids is 2. The highest BCUT2D eigenvalue weighted by molar-refractivity contribution is 5.99. The molecule has 3 aromatic rings. The number of anilines is 2. The summed E-state index contributed by atoms with van der Waals surface area (Å²) in [4.78, 5) is 28.6. The fourth-order valence-electron chi connectivity index (χ4n) is 2.94. The molecule has 0 saturated carbocycles. The van der Waals surface area contributed by atoms with Crippen LogP contribution in [0.4, 0.5) is 11.4 Å². The standard InChI is InChI=1S/C21H19N3O4/c1-12-16(24-21(28-12)14-6-4-3-5-7-14)11-19(25)22-15-8-9-18-17(10-15)23-20(26)13(2)27-18/h3-10,13H,11H2,1-2H3,(H,22,25)(H,23,26)/t13-/m0/s1. The lowest BCUT2D eigenvalue weighted by molar-refractivity contribution is -0.122. The van der Waals surface area contributed by atoms with E-state index in [0.29, 0.717) is 34.5 Å². The second-order valence-corrected chi connectivity index (χ2v) is 6.57. The Balaban J connectivity index is 1.46. The van der Waals surface area contributed by atoms with Crippen molar-refractivity contribution in [2.24, 2.45) is 0 Å². The van der Waals surface area contributed by atoms with Crippen LogP contribution in [0.15, 0.2) is 52.9 Å². The summed E-state index contributed by atoms with van der Waals surface area (Å²) in [6, 6.07) is 14.6. The maximum Gasteiger partial charge on any atom is 0.265 e. The number of nitrogens with zero attached hydrogens (tertiary/aromatic N) is 1. The quantitative estimate of drug-likeness (QED) is 0.725. The highest BCUT2D eigenvalue weighted by Crippen LogP contribution is 2.32. The van der Waals surface area contributed by atoms with Crippen LogP contribution in [0.25, 0.3) is 11.5 Å². The van der Waals surface area contributed by atoms with E-state index in [1.54, 1.807) is 32.0 Å². The van der Waals surface area contributed by atoms with Gasteiger partial charge < -0.3 is 19.8 Å². The Morgan fingerprint density at radius 3 is 2.79 bits per heavy atom. The lowest BCUT2D eigenvalue weighted by Gasteiger charge is -2.23. The first-order valence-electron chi connectivity index (χ1n) is 8.93. The maximum atomic E-state index is 12.5. The van der Waals surface area contributed by atoms with Crippen LogP contribution in [-0.4, -0.2) is 22.9 Å². The van der Waals surface area contributed by atoms with Gasteiger partial charge in [-0.05, 0) is 44.2 Å². The monoisotopic (exact) mass is 377 g/mol. The van der Waals surface area contributed by atoms with E-state index in [1.165, 1.54) is 0 Å². The molecule has 0 saturated heterocycles. The number of hydrogen-bond acceptors (Lipinski definition) is 5. The van der Waals surface area contributed by atoms with Crippen LogP contribution in [-0.2, 0) is 16.0 Å². The van der Waals surface area contributed by atoms with Gasteiger partial charge in [-0.3, -0.25) is 9.59 Å². The number of benzene rings is 2. The predicted octanol–water partition coefficient (Wildman–Crippen LogP) is 3.55. The summed E-state index contributed by atoms with van der Waals surface area (Å²) >= 11 is 0. The topological polar surface area (TPSA) is 93.5 Å². The number of aryl methyl sites for hydroxylation is 1. The molecule has 0 spiro atoms. The first-order chi connectivity index (χ1) is 13.5. The zero-order valence-electron chi connectivity index (χ0n) is 15.5. The number of amides is 2. The van der Waals surface area contributed by atoms with E-state index in [0.717, 1.165) is 5.56 Å². The summed E-state index contributed by atoms with van der Waals surface area (Å²) in [5.41, 5.74) is 2.54. The number of fused-ring (bicyclic) bond motifs is 1. The Morgan fingerprint density at radius 1 is 1.21 bits per heavy atom. The zero-order chi connectivity index (χ0) is 19.7. The van der Waals surface area contributed by atoms with Crippen LogP contribution < -0.4 is 15.4 Å². The van der Waals surface area contributed by atoms with Crippen LogP contribution in [0.1, 0.15) is 18.4 Å². The molecule has 142 valence electrons. The molecular formula is C21H19N3O4. The number of nitrogens with one attached hydrogen (secondary N) is 2. The zero-order valence-corrected chi connectivity index (χ0v) is 15.5. The summed E-state index contributed by atoms with van der Waals surface area (Å²) in [7, 11) is 0. The van der Waals surface area contributed by atoms with Crippen LogP contribution in [0.5, 0.6) is 5.75 Å². The molecule has 2 heterocycles. The molecule has 0 aliphatic carbocycles. The fourth-order valence-corrected chi connectivity index (χ4v) is 2.94. The van der Waals surface area contributed by atoms with Gasteiger partial charge in [0.25, 0.3) is 5.91 Å². The van der Waals surface area contributed by atoms with Gasteiger partial charge in [0.2, 0.25) is 11.8 Å². The molecule has 2 N–H and O–H groups in total. The minimum atomic E-state index is -0.540. The van der Waals surface area contributed by atoms with Gasteiger partial charge in [-0.1, -0.05) is 18.2 Å². The van der Waals surface area contributed by atoms with Gasteiger partial charge in [-0.25, -0.2) is 4.98 Å². The van der Waals surface area contributed by atoms with E-state index < -0.39 is 6.10 Å². The number of hydrogen-bond donors (Lipinski definition) is 2. The smallest absolute Gasteiger partial charge is 0.265 e. The van der Waals surface area contributed by atoms with Crippen LogP contribution in [0, 0.1) is 6.92 Å². The Hall–Kier alpha value is -3.61. The molecule has 2 amide bonds. The number of rotatable bonds is 4. The van der Waals surface area contributed by atoms with E-state index in [-0.39, 0.29) is 18.2 Å². The van der Waals surface area contributed by atoms with Crippen molar-refractivity contribution in [3.8, 4) is 17.2 Å². The van der Waals surface area contributed by atoms with Gasteiger partial charge in [0.15, 0.2) is 6.10 Å². The number of ether oxygens (including phenoxy) is 1. The first kappa shape index (κ1) is 17.8. The van der Waals surface area contributed by atoms with E-state index >= 15 is 0 Å². The summed E-state index contributed by atoms with van der Waals surface area (Å²) in [6.45, 7) is 3.47. The third kappa shape index (κ3) is 3.59. The number of aromatic nitrogens is 1. The Kier molecular flexibility index (Phi) is 4.57. The Bertz CT molecular complexity index is 1040. The lowest BCUT2D eigenvalue weighted by Crippen LogP contribution is -2.34. The van der Waals surface area contributed by atoms with Gasteiger partial charge in [0.1, 0.15) is 11.5 Å². The Labute approximate surface area is 161 Å². The maximum absolute atomic E-state index is 12.5. The minimum Gasteiger partial charge on any atom is -0.479 e. The number of carbonyl (C=O) groups is 2. The molecule has 0 unspecified atom stereocenters. The van der Waals surface area contributed by atoms with Crippen molar-refractivity contribution in [2.75, 3.05) is 10.6 Å². The molecule has 28 heavy (non-hydrogen) atoms. The van der Waals surface area contributed by atoms with E-state index in [1.807, 2.05) is 30.3 Å². The van der Waals surface area contributed by atoms with Crippen molar-refractivity contribution >= 4 is 23.2 Å². The average molecular weight is 377 g/mol. The van der Waals surface area contributed by atoms with E-state index in [4.69, 9.17) is 9.15 Å². The van der Waals surface area contributed by atoms with Crippen molar-refractivity contribution < 1.29 is 18.7 Å². The minimum absolute atomic E-state index is 0.0825. The van der Waals surface area contributed by atoms with Gasteiger partial charge in [0, 0.05) is 11.3 Å². The molecule has 2 aromatic carbocycles. The number of oxazole rings is 1. The summed E-state index contributed by atoms with van der Waals surface area (Å²) in [5, 5.41) is 5.58. The molecule has 0 fully saturated rings. The molecule has 0 bridgehead atoms. The summed E-state index contributed by atoms with van der Waals surface area (Å²) in [5.74, 6) is 1.22. The van der Waals surface area contributed by atoms with Gasteiger partial charge in [-0.15, -0.1) is 0 Å². The summed E-state index contributed by atoms with van der Waals surface area (Å²) < 4.78 is 11.2. The van der Waals surface area contributed by atoms with Crippen LogP contribution in [0.3, 0.4) is 0 Å². The third-order valence-corrected chi connectivity index (χ3v) is 4.44. The van der Waals surface area contributed by atoms with E-state index in [2.05, 4.69) is 15.6 Å². The SMILES string of the molecule is Cc1oc(-c2ccccc2)nc1CC(=O)Nc1ccc2c(c1)NC(=O)[C@H](C)O2. The fraction of sp³-hybridized carbons (Fsp3) is 0.190. The van der Waals surface area contributed by atoms with E-state index in [9.17, 15) is 9.59 Å². The molecule has 1 aromatic heterocycles. The van der Waals surface area contributed by atoms with Crippen molar-refractivity contribution in [3.63, 3.8) is 0 Å². The van der Waals surface area contributed by atoms with Crippen LogP contribution in [0.2, 0.25) is 0 Å². The van der Waals surface area contributed by atoms with Gasteiger partial charge in [0.05, 0.1) is 17.8 Å². The first-order valence-corrected chi connectivity index (χ1v) is 8.93. The van der Waals surface area contributed by atoms with Crippen LogP contribution >= 0.6 is 0 Å². The molecule has 4 rings (SSSR count). The van der Waals surface area contributed by atoms with Crippen molar-refractivity contribution in [1.82, 2.24) is 4.98 Å². The highest BCUT2D eigenvalue weighted by atomic mass is 16.5. The molecule has 1 atom stereocenters. The van der Waals surface area contributed by atoms with Crippen molar-refractivity contribution in [3.05, 3.63) is 60.0 Å². The largest absolute Gasteiger partial charge is 0.479 e. The molecule has 1 aliphatic heterocycles. The predicted molar refractivity (Wildman–Crippen MR) is 104 cm³/mol. The van der Waals surface area contributed by atoms with Crippen molar-refractivity contribution in [1.29, 1.82) is 0 Å². The van der Waals surface area contributed by atoms with Crippen molar-refractivity contribution in [2.45, 2.75) is 26.4 Å². The van der Waals surface area contributed by atoms with Gasteiger partial charge >= 0.3 is 0 Å². The second kappa shape index (κ2) is 7.19. The lowest BCUT2D eigenvalue weighted by atomic mass is 10.2. The molecule has 7 heteroatoms. The highest BCUT2D eigenvalue weighted by Gasteiger charge is 2.23. The average Bonchev–Trinajstić information content (AvgIpc) is 3.04. The molecule has 0 radical (unpaired) electrons. The Morgan fingerprint density at radius 2 is 2.00 bits per heavy atom. The normalized spacial score (nSPS) is 15.4. The molecular weight excluding hydrogens is 358 g/mol. The summed E-state index contributed by atoms with van der Waals surface area (Å²) in [6.07, 6.45) is -0.457.